The molecule has 1 aliphatic rings. The van der Waals surface area contributed by atoms with E-state index < -0.39 is 26.6 Å². The number of halogens is 2. The van der Waals surface area contributed by atoms with Crippen LogP contribution in [0.4, 0.5) is 14.6 Å². The first kappa shape index (κ1) is 31.1. The van der Waals surface area contributed by atoms with Crippen molar-refractivity contribution in [3.63, 3.8) is 0 Å². The molecule has 5 rings (SSSR count). The van der Waals surface area contributed by atoms with Gasteiger partial charge in [0.15, 0.2) is 4.90 Å². The lowest BCUT2D eigenvalue weighted by molar-refractivity contribution is 0.119. The van der Waals surface area contributed by atoms with E-state index in [4.69, 9.17) is 18.9 Å². The summed E-state index contributed by atoms with van der Waals surface area (Å²) in [7, 11) is -0.359. The average molecular weight is 630 g/mol. The van der Waals surface area contributed by atoms with E-state index in [1.54, 1.807) is 36.2 Å². The number of sulfonamides is 1. The minimum Gasteiger partial charge on any atom is -0.497 e. The smallest absolute Gasteiger partial charge is 0.271 e. The molecule has 44 heavy (non-hydrogen) atoms. The molecule has 2 aromatic heterocycles. The van der Waals surface area contributed by atoms with Gasteiger partial charge in [-0.1, -0.05) is 6.42 Å². The van der Waals surface area contributed by atoms with Crippen LogP contribution in [0.1, 0.15) is 42.7 Å². The molecule has 4 aromatic rings. The number of hydrogen-bond donors (Lipinski definition) is 0. The molecule has 2 atom stereocenters. The van der Waals surface area contributed by atoms with Gasteiger partial charge in [-0.15, -0.1) is 0 Å². The van der Waals surface area contributed by atoms with Crippen molar-refractivity contribution >= 4 is 15.8 Å². The van der Waals surface area contributed by atoms with Gasteiger partial charge in [-0.25, -0.2) is 36.2 Å². The fraction of sp³-hybridized carbons (Fsp3) is 0.367. The van der Waals surface area contributed by atoms with E-state index in [1.807, 2.05) is 6.20 Å². The van der Waals surface area contributed by atoms with E-state index in [0.717, 1.165) is 47.6 Å². The van der Waals surface area contributed by atoms with Crippen molar-refractivity contribution < 1.29 is 36.1 Å². The van der Waals surface area contributed by atoms with Crippen molar-refractivity contribution in [2.24, 2.45) is 0 Å². The molecule has 0 amide bonds. The summed E-state index contributed by atoms with van der Waals surface area (Å²) < 4.78 is 83.7. The van der Waals surface area contributed by atoms with Crippen LogP contribution in [0.5, 0.6) is 17.2 Å². The van der Waals surface area contributed by atoms with E-state index in [0.29, 0.717) is 30.2 Å². The number of aromatic nitrogens is 4. The second-order valence-electron chi connectivity index (χ2n) is 10.3. The van der Waals surface area contributed by atoms with Gasteiger partial charge in [-0.3, -0.25) is 0 Å². The number of ether oxygens (including phenoxy) is 4. The molecule has 2 heterocycles. The molecule has 1 fully saturated rings. The summed E-state index contributed by atoms with van der Waals surface area (Å²) in [6.45, 7) is -0.0496. The Balaban J connectivity index is 1.46. The summed E-state index contributed by atoms with van der Waals surface area (Å²) in [6, 6.07) is 7.94. The zero-order valence-corrected chi connectivity index (χ0v) is 25.3. The zero-order valence-electron chi connectivity index (χ0n) is 24.5. The zero-order chi connectivity index (χ0) is 31.3. The molecule has 0 unspecified atom stereocenters. The minimum absolute atomic E-state index is 0.0587. The Morgan fingerprint density at radius 3 is 2.45 bits per heavy atom. The molecule has 0 saturated heterocycles. The summed E-state index contributed by atoms with van der Waals surface area (Å²) in [5.74, 6) is -2.03. The molecule has 1 saturated carbocycles. The van der Waals surface area contributed by atoms with Gasteiger partial charge in [0.2, 0.25) is 0 Å². The highest BCUT2D eigenvalue weighted by molar-refractivity contribution is 7.92. The quantitative estimate of drug-likeness (QED) is 0.212. The first-order valence-electron chi connectivity index (χ1n) is 13.9. The lowest BCUT2D eigenvalue weighted by Crippen LogP contribution is -2.33. The van der Waals surface area contributed by atoms with Crippen LogP contribution in [0, 0.1) is 11.6 Å². The van der Waals surface area contributed by atoms with Gasteiger partial charge >= 0.3 is 0 Å². The highest BCUT2D eigenvalue weighted by Gasteiger charge is 2.35. The molecule has 14 heteroatoms. The lowest BCUT2D eigenvalue weighted by atomic mass is 9.83. The van der Waals surface area contributed by atoms with Crippen LogP contribution in [0.15, 0.2) is 66.2 Å². The molecule has 1 aliphatic carbocycles. The van der Waals surface area contributed by atoms with Crippen molar-refractivity contribution in [1.82, 2.24) is 19.7 Å². The maximum atomic E-state index is 15.7. The number of anilines is 1. The Kier molecular flexibility index (Phi) is 9.59. The Morgan fingerprint density at radius 2 is 1.77 bits per heavy atom. The van der Waals surface area contributed by atoms with Crippen molar-refractivity contribution in [2.75, 3.05) is 25.6 Å². The maximum Gasteiger partial charge on any atom is 0.271 e. The Morgan fingerprint density at radius 1 is 1.00 bits per heavy atom. The second kappa shape index (κ2) is 13.6. The van der Waals surface area contributed by atoms with Crippen molar-refractivity contribution in [3.05, 3.63) is 84.1 Å². The van der Waals surface area contributed by atoms with Gasteiger partial charge in [-0.05, 0) is 37.0 Å². The van der Waals surface area contributed by atoms with E-state index >= 15 is 8.78 Å². The number of hydrogen-bond acceptors (Lipinski definition) is 9. The molecule has 0 radical (unpaired) electrons. The monoisotopic (exact) mass is 629 g/mol. The summed E-state index contributed by atoms with van der Waals surface area (Å²) in [5, 5.41) is 4.30. The number of nitrogens with zero attached hydrogens (tertiary/aromatic N) is 5. The van der Waals surface area contributed by atoms with E-state index in [2.05, 4.69) is 15.1 Å². The van der Waals surface area contributed by atoms with E-state index in [-0.39, 0.29) is 30.1 Å². The van der Waals surface area contributed by atoms with Gasteiger partial charge in [0, 0.05) is 55.3 Å². The predicted molar refractivity (Wildman–Crippen MR) is 156 cm³/mol. The first-order valence-corrected chi connectivity index (χ1v) is 15.4. The summed E-state index contributed by atoms with van der Waals surface area (Å²) in [4.78, 5) is 6.76. The Labute approximate surface area is 254 Å². The molecule has 0 bridgehead atoms. The largest absolute Gasteiger partial charge is 0.497 e. The standard InChI is InChI=1S/C30H33F2N5O6S/c1-40-19-36-16-21(15-35-36)24-6-4-5-7-27(24)43-23-12-25(31)30(26(32)13-23)44(38,39)37(29-10-11-33-18-34-29)17-20-8-9-22(41-2)14-28(20)42-3/h8-16,18,24,27H,4-7,17,19H2,1-3H3/t24-,27+/m0/s1. The highest BCUT2D eigenvalue weighted by Crippen LogP contribution is 2.38. The molecule has 234 valence electrons. The van der Waals surface area contributed by atoms with Gasteiger partial charge in [0.05, 0.1) is 27.0 Å². The fourth-order valence-electron chi connectivity index (χ4n) is 5.39. The van der Waals surface area contributed by atoms with Crippen LogP contribution in [0.25, 0.3) is 0 Å². The van der Waals surface area contributed by atoms with E-state index in [9.17, 15) is 8.42 Å². The van der Waals surface area contributed by atoms with Gasteiger partial charge < -0.3 is 18.9 Å². The Hall–Kier alpha value is -4.30. The summed E-state index contributed by atoms with van der Waals surface area (Å²) in [5.41, 5.74) is 1.34. The summed E-state index contributed by atoms with van der Waals surface area (Å²) >= 11 is 0. The molecule has 0 aliphatic heterocycles. The molecule has 0 N–H and O–H groups in total. The third-order valence-corrected chi connectivity index (χ3v) is 9.29. The molecule has 0 spiro atoms. The summed E-state index contributed by atoms with van der Waals surface area (Å²) in [6.07, 6.45) is 9.02. The van der Waals surface area contributed by atoms with Crippen LogP contribution in [-0.4, -0.2) is 55.6 Å². The van der Waals surface area contributed by atoms with Crippen LogP contribution >= 0.6 is 0 Å². The fourth-order valence-corrected chi connectivity index (χ4v) is 6.88. The maximum absolute atomic E-state index is 15.7. The minimum atomic E-state index is -4.83. The van der Waals surface area contributed by atoms with Crippen molar-refractivity contribution in [1.29, 1.82) is 0 Å². The van der Waals surface area contributed by atoms with Gasteiger partial charge in [-0.2, -0.15) is 5.10 Å². The SMILES string of the molecule is COCn1cc([C@@H]2CCCC[C@H]2Oc2cc(F)c(S(=O)(=O)N(Cc3ccc(OC)cc3OC)c3ccncn3)c(F)c2)cn1. The van der Waals surface area contributed by atoms with Crippen molar-refractivity contribution in [2.45, 2.75) is 55.9 Å². The van der Waals surface area contributed by atoms with Crippen LogP contribution in [0.2, 0.25) is 0 Å². The van der Waals surface area contributed by atoms with Gasteiger partial charge in [0.1, 0.15) is 53.9 Å². The molecule has 2 aromatic carbocycles. The third-order valence-electron chi connectivity index (χ3n) is 7.48. The van der Waals surface area contributed by atoms with Crippen LogP contribution < -0.4 is 18.5 Å². The lowest BCUT2D eigenvalue weighted by Gasteiger charge is -2.31. The topological polar surface area (TPSA) is 118 Å². The number of benzene rings is 2. The van der Waals surface area contributed by atoms with Crippen LogP contribution in [0.3, 0.4) is 0 Å². The average Bonchev–Trinajstić information content (AvgIpc) is 3.48. The first-order chi connectivity index (χ1) is 21.2. The Bertz CT molecular complexity index is 1670. The number of rotatable bonds is 12. The molecular weight excluding hydrogens is 596 g/mol. The third kappa shape index (κ3) is 6.60. The predicted octanol–water partition coefficient (Wildman–Crippen LogP) is 5.07. The van der Waals surface area contributed by atoms with Crippen molar-refractivity contribution in [3.8, 4) is 17.2 Å². The molecule has 11 nitrogen and oxygen atoms in total. The van der Waals surface area contributed by atoms with Gasteiger partial charge in [0.25, 0.3) is 10.0 Å². The second-order valence-corrected chi connectivity index (χ2v) is 12.1. The number of methoxy groups -OCH3 is 3. The van der Waals surface area contributed by atoms with E-state index in [1.165, 1.54) is 26.5 Å². The highest BCUT2D eigenvalue weighted by atomic mass is 32.2. The van der Waals surface area contributed by atoms with Crippen LogP contribution in [-0.2, 0) is 28.0 Å². The normalized spacial score (nSPS) is 16.8. The molecular formula is C30H33F2N5O6S.